The maximum atomic E-state index is 12.0. The molecule has 0 radical (unpaired) electrons. The maximum Gasteiger partial charge on any atom is 0.192 e. The molecule has 3 aliphatic rings. The molecule has 0 aromatic carbocycles. The Hall–Kier alpha value is -1.25. The highest BCUT2D eigenvalue weighted by Crippen LogP contribution is 2.53. The predicted molar refractivity (Wildman–Crippen MR) is 67.0 cm³/mol. The summed E-state index contributed by atoms with van der Waals surface area (Å²) in [5.74, 6) is 0.194. The van der Waals surface area contributed by atoms with Gasteiger partial charge in [0.25, 0.3) is 0 Å². The maximum absolute atomic E-state index is 12.0. The molecule has 1 aliphatic heterocycles. The highest BCUT2D eigenvalue weighted by atomic mass is 16.5. The van der Waals surface area contributed by atoms with Crippen LogP contribution in [0.3, 0.4) is 0 Å². The van der Waals surface area contributed by atoms with Crippen LogP contribution in [0, 0.1) is 16.5 Å². The second kappa shape index (κ2) is 3.37. The Bertz CT molecular complexity index is 457. The first-order valence-corrected chi connectivity index (χ1v) is 6.41. The van der Waals surface area contributed by atoms with Gasteiger partial charge in [-0.3, -0.25) is 0 Å². The van der Waals surface area contributed by atoms with Crippen LogP contribution in [0.25, 0.3) is 0 Å². The number of aliphatic hydroxyl groups is 1. The van der Waals surface area contributed by atoms with Gasteiger partial charge in [-0.25, -0.2) is 4.74 Å². The normalized spacial score (nSPS) is 37.1. The van der Waals surface area contributed by atoms with E-state index in [4.69, 9.17) is 0 Å². The molecule has 2 aliphatic carbocycles. The highest BCUT2D eigenvalue weighted by molar-refractivity contribution is 5.78. The largest absolute Gasteiger partial charge is 0.623 e. The molecular weight excluding hydrogens is 214 g/mol. The van der Waals surface area contributed by atoms with Crippen molar-refractivity contribution in [3.63, 3.8) is 0 Å². The SMILES string of the molecule is CC1(C)CCCC2=C1C1C(C2)C(=CO)C=[N+]1[O-]. The molecule has 3 rings (SSSR count). The standard InChI is InChI=1S/C14H19NO2/c1-14(2)5-3-4-9-6-11-10(8-16)7-15(17)13(11)12(9)14/h7-8,11,13,16H,3-6H2,1-2H3. The summed E-state index contributed by atoms with van der Waals surface area (Å²) in [6.45, 7) is 4.50. The summed E-state index contributed by atoms with van der Waals surface area (Å²) in [7, 11) is 0. The highest BCUT2D eigenvalue weighted by Gasteiger charge is 2.51. The summed E-state index contributed by atoms with van der Waals surface area (Å²) < 4.78 is 1.06. The Balaban J connectivity index is 2.07. The first kappa shape index (κ1) is 10.9. The van der Waals surface area contributed by atoms with Gasteiger partial charge in [-0.2, -0.15) is 0 Å². The van der Waals surface area contributed by atoms with E-state index in [1.165, 1.54) is 24.0 Å². The summed E-state index contributed by atoms with van der Waals surface area (Å²) in [5.41, 5.74) is 3.78. The molecule has 0 aromatic heterocycles. The average molecular weight is 233 g/mol. The van der Waals surface area contributed by atoms with E-state index in [1.807, 2.05) is 0 Å². The van der Waals surface area contributed by atoms with Crippen LogP contribution in [0.15, 0.2) is 23.0 Å². The van der Waals surface area contributed by atoms with Crippen LogP contribution < -0.4 is 0 Å². The Morgan fingerprint density at radius 1 is 1.53 bits per heavy atom. The number of nitrogens with zero attached hydrogens (tertiary/aromatic N) is 1. The Kier molecular flexibility index (Phi) is 2.16. The van der Waals surface area contributed by atoms with Crippen molar-refractivity contribution in [3.8, 4) is 0 Å². The van der Waals surface area contributed by atoms with Gasteiger partial charge in [-0.15, -0.1) is 0 Å². The van der Waals surface area contributed by atoms with E-state index in [9.17, 15) is 10.3 Å². The molecule has 2 atom stereocenters. The molecular formula is C14H19NO2. The van der Waals surface area contributed by atoms with Crippen molar-refractivity contribution in [1.82, 2.24) is 0 Å². The van der Waals surface area contributed by atoms with Gasteiger partial charge < -0.3 is 10.3 Å². The van der Waals surface area contributed by atoms with Gasteiger partial charge in [-0.1, -0.05) is 19.4 Å². The fourth-order valence-electron chi connectivity index (χ4n) is 3.95. The quantitative estimate of drug-likeness (QED) is 0.302. The van der Waals surface area contributed by atoms with E-state index in [0.717, 1.165) is 29.4 Å². The van der Waals surface area contributed by atoms with Crippen molar-refractivity contribution in [3.05, 3.63) is 28.2 Å². The third kappa shape index (κ3) is 1.38. The van der Waals surface area contributed by atoms with Crippen molar-refractivity contribution in [1.29, 1.82) is 0 Å². The van der Waals surface area contributed by atoms with Crippen molar-refractivity contribution < 1.29 is 9.85 Å². The second-order valence-electron chi connectivity index (χ2n) is 6.13. The van der Waals surface area contributed by atoms with E-state index < -0.39 is 0 Å². The van der Waals surface area contributed by atoms with Crippen LogP contribution in [0.1, 0.15) is 39.5 Å². The van der Waals surface area contributed by atoms with Crippen molar-refractivity contribution in [2.24, 2.45) is 11.3 Å². The van der Waals surface area contributed by atoms with Crippen LogP contribution >= 0.6 is 0 Å². The van der Waals surface area contributed by atoms with Crippen molar-refractivity contribution in [2.75, 3.05) is 0 Å². The third-order valence-corrected chi connectivity index (χ3v) is 4.66. The van der Waals surface area contributed by atoms with Gasteiger partial charge in [0.1, 0.15) is 0 Å². The molecule has 0 spiro atoms. The van der Waals surface area contributed by atoms with Gasteiger partial charge in [0.2, 0.25) is 0 Å². The molecule has 2 unspecified atom stereocenters. The van der Waals surface area contributed by atoms with Crippen molar-refractivity contribution in [2.45, 2.75) is 45.6 Å². The molecule has 0 fully saturated rings. The molecule has 1 heterocycles. The van der Waals surface area contributed by atoms with Crippen LogP contribution in [0.5, 0.6) is 0 Å². The van der Waals surface area contributed by atoms with E-state index in [2.05, 4.69) is 13.8 Å². The van der Waals surface area contributed by atoms with E-state index in [-0.39, 0.29) is 17.4 Å². The predicted octanol–water partition coefficient (Wildman–Crippen LogP) is 2.92. The smallest absolute Gasteiger partial charge is 0.192 e. The summed E-state index contributed by atoms with van der Waals surface area (Å²) in [5, 5.41) is 21.3. The fraction of sp³-hybridized carbons (Fsp3) is 0.643. The molecule has 0 saturated carbocycles. The van der Waals surface area contributed by atoms with Crippen molar-refractivity contribution >= 4 is 6.21 Å². The second-order valence-corrected chi connectivity index (χ2v) is 6.13. The third-order valence-electron chi connectivity index (χ3n) is 4.66. The lowest BCUT2D eigenvalue weighted by molar-refractivity contribution is -0.484. The van der Waals surface area contributed by atoms with Crippen LogP contribution in [0.4, 0.5) is 0 Å². The first-order valence-electron chi connectivity index (χ1n) is 6.41. The number of allylic oxidation sites excluding steroid dienone is 1. The van der Waals surface area contributed by atoms with E-state index >= 15 is 0 Å². The van der Waals surface area contributed by atoms with Gasteiger partial charge in [-0.05, 0) is 31.1 Å². The zero-order valence-corrected chi connectivity index (χ0v) is 10.4. The molecule has 0 amide bonds. The Labute approximate surface area is 102 Å². The summed E-state index contributed by atoms with van der Waals surface area (Å²) in [4.78, 5) is 0. The lowest BCUT2D eigenvalue weighted by atomic mass is 9.72. The first-order chi connectivity index (χ1) is 8.04. The van der Waals surface area contributed by atoms with Crippen LogP contribution in [-0.4, -0.2) is 22.1 Å². The van der Waals surface area contributed by atoms with Gasteiger partial charge >= 0.3 is 0 Å². The number of fused-ring (bicyclic) bond motifs is 2. The lowest BCUT2D eigenvalue weighted by Crippen LogP contribution is -2.32. The summed E-state index contributed by atoms with van der Waals surface area (Å²) in [6, 6.07) is -0.0429. The number of rotatable bonds is 0. The average Bonchev–Trinajstić information content (AvgIpc) is 2.77. The molecule has 0 bridgehead atoms. The van der Waals surface area contributed by atoms with E-state index in [0.29, 0.717) is 0 Å². The number of hydrogen-bond acceptors (Lipinski definition) is 2. The Morgan fingerprint density at radius 2 is 2.29 bits per heavy atom. The zero-order chi connectivity index (χ0) is 12.2. The fourth-order valence-corrected chi connectivity index (χ4v) is 3.95. The topological polar surface area (TPSA) is 46.3 Å². The summed E-state index contributed by atoms with van der Waals surface area (Å²) in [6.07, 6.45) is 7.17. The van der Waals surface area contributed by atoms with Gasteiger partial charge in [0, 0.05) is 5.57 Å². The van der Waals surface area contributed by atoms with Gasteiger partial charge in [0.05, 0.1) is 17.8 Å². The monoisotopic (exact) mass is 233 g/mol. The van der Waals surface area contributed by atoms with Crippen LogP contribution in [-0.2, 0) is 0 Å². The van der Waals surface area contributed by atoms with E-state index in [1.54, 1.807) is 6.21 Å². The minimum Gasteiger partial charge on any atom is -0.623 e. The minimum absolute atomic E-state index is 0.0429. The summed E-state index contributed by atoms with van der Waals surface area (Å²) >= 11 is 0. The molecule has 0 saturated heterocycles. The number of aliphatic hydroxyl groups excluding tert-OH is 1. The lowest BCUT2D eigenvalue weighted by Gasteiger charge is -2.34. The number of hydroxylamine groups is 1. The molecule has 0 aromatic rings. The number of hydrogen-bond donors (Lipinski definition) is 1. The van der Waals surface area contributed by atoms with Crippen LogP contribution in [0.2, 0.25) is 0 Å². The molecule has 1 N–H and O–H groups in total. The molecule has 17 heavy (non-hydrogen) atoms. The minimum atomic E-state index is -0.0429. The Morgan fingerprint density at radius 3 is 3.00 bits per heavy atom. The molecule has 3 nitrogen and oxygen atoms in total. The van der Waals surface area contributed by atoms with Gasteiger partial charge in [0.15, 0.2) is 12.3 Å². The molecule has 92 valence electrons. The zero-order valence-electron chi connectivity index (χ0n) is 10.4. The molecule has 3 heteroatoms.